The summed E-state index contributed by atoms with van der Waals surface area (Å²) in [5.41, 5.74) is -10.7. The Hall–Kier alpha value is -4.32. The Morgan fingerprint density at radius 3 is 0.723 bits per heavy atom. The normalized spacial score (nSPS) is 11.3. The molecule has 0 saturated heterocycles. The quantitative estimate of drug-likeness (QED) is 0.0656. The molecular weight excluding hydrogens is 689 g/mol. The van der Waals surface area contributed by atoms with Crippen molar-refractivity contribution in [3.8, 4) is 0 Å². The van der Waals surface area contributed by atoms with E-state index in [-0.39, 0.29) is 0 Å². The highest BCUT2D eigenvalue weighted by molar-refractivity contribution is 6.52. The number of halogens is 18. The maximum atomic E-state index is 14.7. The van der Waals surface area contributed by atoms with E-state index >= 15 is 0 Å². The molecule has 0 aromatic heterocycles. The smallest absolute Gasteiger partial charge is 0.200 e. The van der Waals surface area contributed by atoms with Crippen LogP contribution in [0.3, 0.4) is 0 Å². The SMILES string of the molecule is C[B]c1c(F)c(F)c(F)c(F)c1F.Cc1c(F)c(F)c(C(c2c(F)c(F)c(C)c(F)c2F)c2c(F)c(F)c(F)c(F)c2F)c(F)c1F. The number of hydrogen-bond acceptors (Lipinski definition) is 0. The van der Waals surface area contributed by atoms with Crippen LogP contribution >= 0.6 is 0 Å². The van der Waals surface area contributed by atoms with Gasteiger partial charge in [0, 0.05) is 27.8 Å². The zero-order chi connectivity index (χ0) is 36.1. The molecule has 0 spiro atoms. The molecule has 0 aliphatic heterocycles. The fourth-order valence-corrected chi connectivity index (χ4v) is 4.21. The zero-order valence-electron chi connectivity index (χ0n) is 23.0. The Morgan fingerprint density at radius 2 is 0.489 bits per heavy atom. The second-order valence-corrected chi connectivity index (χ2v) is 9.28. The minimum atomic E-state index is -3.63. The molecule has 0 N–H and O–H groups in total. The Balaban J connectivity index is 0.000000386. The highest BCUT2D eigenvalue weighted by atomic mass is 19.2. The maximum absolute atomic E-state index is 14.7. The summed E-state index contributed by atoms with van der Waals surface area (Å²) >= 11 is 0. The fourth-order valence-electron chi connectivity index (χ4n) is 4.21. The summed E-state index contributed by atoms with van der Waals surface area (Å²) in [6, 6.07) is 0. The molecule has 0 amide bonds. The van der Waals surface area contributed by atoms with Crippen LogP contribution in [0.1, 0.15) is 33.7 Å². The van der Waals surface area contributed by atoms with Crippen LogP contribution < -0.4 is 5.46 Å². The average Bonchev–Trinajstić information content (AvgIpc) is 3.05. The minimum absolute atomic E-state index is 0.473. The van der Waals surface area contributed by atoms with Gasteiger partial charge in [-0.1, -0.05) is 6.82 Å². The minimum Gasteiger partial charge on any atom is -0.204 e. The molecule has 0 bridgehead atoms. The first kappa shape index (κ1) is 37.1. The summed E-state index contributed by atoms with van der Waals surface area (Å²) in [5.74, 6) is -46.9. The molecule has 1 radical (unpaired) electrons. The third kappa shape index (κ3) is 5.88. The van der Waals surface area contributed by atoms with Gasteiger partial charge < -0.3 is 0 Å². The van der Waals surface area contributed by atoms with E-state index in [0.717, 1.165) is 7.28 Å². The van der Waals surface area contributed by atoms with E-state index in [1.54, 1.807) is 0 Å². The fraction of sp³-hybridized carbons (Fsp3) is 0.143. The van der Waals surface area contributed by atoms with Crippen LogP contribution in [0.15, 0.2) is 0 Å². The molecule has 47 heavy (non-hydrogen) atoms. The van der Waals surface area contributed by atoms with Crippen LogP contribution in [0.5, 0.6) is 0 Å². The van der Waals surface area contributed by atoms with E-state index in [0.29, 0.717) is 13.8 Å². The molecule has 0 unspecified atom stereocenters. The van der Waals surface area contributed by atoms with Gasteiger partial charge in [-0.15, -0.1) is 0 Å². The monoisotopic (exact) mass is 699 g/mol. The topological polar surface area (TPSA) is 0 Å². The molecule has 19 heteroatoms. The first-order valence-electron chi connectivity index (χ1n) is 12.1. The van der Waals surface area contributed by atoms with Crippen molar-refractivity contribution in [3.63, 3.8) is 0 Å². The van der Waals surface area contributed by atoms with Crippen LogP contribution in [-0.2, 0) is 0 Å². The van der Waals surface area contributed by atoms with Crippen molar-refractivity contribution >= 4 is 12.7 Å². The Kier molecular flexibility index (Phi) is 10.6. The van der Waals surface area contributed by atoms with E-state index in [1.165, 1.54) is 6.82 Å². The van der Waals surface area contributed by atoms with E-state index in [4.69, 9.17) is 0 Å². The van der Waals surface area contributed by atoms with Crippen LogP contribution in [0, 0.1) is 119 Å². The molecular formula is C28H10BF18. The van der Waals surface area contributed by atoms with Gasteiger partial charge in [-0.3, -0.25) is 0 Å². The van der Waals surface area contributed by atoms with Crippen molar-refractivity contribution < 1.29 is 79.0 Å². The van der Waals surface area contributed by atoms with Crippen molar-refractivity contribution in [1.29, 1.82) is 0 Å². The Bertz CT molecular complexity index is 1660. The second-order valence-electron chi connectivity index (χ2n) is 9.28. The molecule has 0 saturated carbocycles. The van der Waals surface area contributed by atoms with Gasteiger partial charge in [-0.25, -0.2) is 79.0 Å². The standard InChI is InChI=1S/C21H7F13.C7H3BF5/c1-3-9(22)13(26)6(14(27)10(3)23)5(7-15(28)11(24)4(2)12(25)16(7)29)8-17(30)19(32)21(34)20(33)18(8)31;1-8-2-3(9)5(11)7(13)6(12)4(2)10/h5H,1-2H3;1H3. The molecule has 4 aromatic carbocycles. The summed E-state index contributed by atoms with van der Waals surface area (Å²) in [6.07, 6.45) is 0. The van der Waals surface area contributed by atoms with Crippen molar-refractivity contribution in [2.24, 2.45) is 0 Å². The Morgan fingerprint density at radius 1 is 0.298 bits per heavy atom. The summed E-state index contributed by atoms with van der Waals surface area (Å²) in [5, 5.41) is 0. The third-order valence-electron chi connectivity index (χ3n) is 6.68. The van der Waals surface area contributed by atoms with Gasteiger partial charge in [0.1, 0.15) is 0 Å². The lowest BCUT2D eigenvalue weighted by Crippen LogP contribution is -2.25. The van der Waals surface area contributed by atoms with Gasteiger partial charge >= 0.3 is 0 Å². The lowest BCUT2D eigenvalue weighted by atomic mass is 9.72. The van der Waals surface area contributed by atoms with Gasteiger partial charge in [0.15, 0.2) is 106 Å². The lowest BCUT2D eigenvalue weighted by Gasteiger charge is -2.24. The summed E-state index contributed by atoms with van der Waals surface area (Å²) in [7, 11) is 0.816. The van der Waals surface area contributed by atoms with Crippen LogP contribution in [0.2, 0.25) is 6.82 Å². The van der Waals surface area contributed by atoms with Crippen molar-refractivity contribution in [2.75, 3.05) is 0 Å². The third-order valence-corrected chi connectivity index (χ3v) is 6.68. The van der Waals surface area contributed by atoms with Crippen molar-refractivity contribution in [2.45, 2.75) is 26.6 Å². The molecule has 4 rings (SSSR count). The van der Waals surface area contributed by atoms with Crippen molar-refractivity contribution in [3.05, 3.63) is 133 Å². The molecule has 0 atom stereocenters. The average molecular weight is 699 g/mol. The van der Waals surface area contributed by atoms with E-state index in [9.17, 15) is 79.0 Å². The predicted octanol–water partition coefficient (Wildman–Crippen LogP) is 9.05. The number of hydrogen-bond donors (Lipinski definition) is 0. The molecule has 0 aliphatic rings. The highest BCUT2D eigenvalue weighted by Crippen LogP contribution is 2.44. The van der Waals surface area contributed by atoms with E-state index in [2.05, 4.69) is 0 Å². The van der Waals surface area contributed by atoms with Crippen LogP contribution in [-0.4, -0.2) is 7.28 Å². The largest absolute Gasteiger partial charge is 0.204 e. The van der Waals surface area contributed by atoms with Gasteiger partial charge in [0.25, 0.3) is 0 Å². The second kappa shape index (κ2) is 13.4. The van der Waals surface area contributed by atoms with E-state index in [1.807, 2.05) is 0 Å². The highest BCUT2D eigenvalue weighted by Gasteiger charge is 2.41. The summed E-state index contributed by atoms with van der Waals surface area (Å²) in [6.45, 7) is 2.12. The molecule has 0 heterocycles. The molecule has 0 aliphatic carbocycles. The van der Waals surface area contributed by atoms with Crippen LogP contribution in [0.4, 0.5) is 79.0 Å². The molecule has 251 valence electrons. The Labute approximate surface area is 251 Å². The van der Waals surface area contributed by atoms with Crippen molar-refractivity contribution in [1.82, 2.24) is 0 Å². The van der Waals surface area contributed by atoms with Gasteiger partial charge in [0.05, 0.1) is 5.92 Å². The van der Waals surface area contributed by atoms with Crippen LogP contribution in [0.25, 0.3) is 0 Å². The molecule has 0 fully saturated rings. The van der Waals surface area contributed by atoms with Gasteiger partial charge in [-0.05, 0) is 19.3 Å². The predicted molar refractivity (Wildman–Crippen MR) is 127 cm³/mol. The van der Waals surface area contributed by atoms with Gasteiger partial charge in [-0.2, -0.15) is 0 Å². The summed E-state index contributed by atoms with van der Waals surface area (Å²) in [4.78, 5) is 0. The van der Waals surface area contributed by atoms with E-state index < -0.39 is 144 Å². The summed E-state index contributed by atoms with van der Waals surface area (Å²) < 4.78 is 248. The molecule has 4 aromatic rings. The first-order chi connectivity index (χ1) is 21.7. The first-order valence-corrected chi connectivity index (χ1v) is 12.1. The maximum Gasteiger partial charge on any atom is 0.200 e. The lowest BCUT2D eigenvalue weighted by molar-refractivity contribution is 0.362. The zero-order valence-corrected chi connectivity index (χ0v) is 23.0. The van der Waals surface area contributed by atoms with Gasteiger partial charge in [0.2, 0.25) is 5.82 Å². The number of rotatable bonds is 4. The number of benzene rings is 4. The molecule has 0 nitrogen and oxygen atoms in total.